The molecule has 0 unspecified atom stereocenters. The van der Waals surface area contributed by atoms with E-state index in [2.05, 4.69) is 5.32 Å². The van der Waals surface area contributed by atoms with Crippen LogP contribution in [0.25, 0.3) is 0 Å². The van der Waals surface area contributed by atoms with Crippen LogP contribution in [0.2, 0.25) is 5.02 Å². The first-order valence-corrected chi connectivity index (χ1v) is 8.60. The van der Waals surface area contributed by atoms with Gasteiger partial charge in [0.25, 0.3) is 5.91 Å². The first-order valence-electron chi connectivity index (χ1n) is 6.33. The molecule has 0 aliphatic rings. The van der Waals surface area contributed by atoms with Gasteiger partial charge in [-0.1, -0.05) is 23.7 Å². The minimum Gasteiger partial charge on any atom is -0.484 e. The minimum absolute atomic E-state index is 0.0647. The van der Waals surface area contributed by atoms with Crippen molar-refractivity contribution in [3.8, 4) is 5.75 Å². The van der Waals surface area contributed by atoms with Gasteiger partial charge in [-0.3, -0.25) is 4.79 Å². The van der Waals surface area contributed by atoms with Crippen molar-refractivity contribution in [3.05, 3.63) is 53.6 Å². The van der Waals surface area contributed by atoms with Crippen LogP contribution >= 0.6 is 11.6 Å². The smallest absolute Gasteiger partial charge is 0.262 e. The van der Waals surface area contributed by atoms with Gasteiger partial charge in [0.2, 0.25) is 0 Å². The maximum atomic E-state index is 11.9. The van der Waals surface area contributed by atoms with Crippen LogP contribution < -0.4 is 10.1 Å². The number of nitrogens with one attached hydrogen (secondary N) is 1. The Morgan fingerprint density at radius 3 is 2.41 bits per heavy atom. The van der Waals surface area contributed by atoms with Gasteiger partial charge in [-0.2, -0.15) is 0 Å². The summed E-state index contributed by atoms with van der Waals surface area (Å²) in [6.07, 6.45) is 1.09. The molecule has 22 heavy (non-hydrogen) atoms. The molecule has 0 aliphatic carbocycles. The van der Waals surface area contributed by atoms with E-state index in [4.69, 9.17) is 16.3 Å². The molecule has 1 N–H and O–H groups in total. The lowest BCUT2D eigenvalue weighted by Gasteiger charge is -2.10. The number of anilines is 1. The summed E-state index contributed by atoms with van der Waals surface area (Å²) in [6.45, 7) is -0.236. The van der Waals surface area contributed by atoms with Gasteiger partial charge < -0.3 is 10.1 Å². The topological polar surface area (TPSA) is 72.5 Å². The molecule has 0 atom stereocenters. The van der Waals surface area contributed by atoms with Crippen molar-refractivity contribution in [2.75, 3.05) is 18.2 Å². The van der Waals surface area contributed by atoms with Gasteiger partial charge in [-0.15, -0.1) is 0 Å². The molecule has 116 valence electrons. The van der Waals surface area contributed by atoms with Gasteiger partial charge in [-0.25, -0.2) is 8.42 Å². The van der Waals surface area contributed by atoms with Crippen molar-refractivity contribution >= 4 is 33.0 Å². The third-order valence-corrected chi connectivity index (χ3v) is 4.15. The Morgan fingerprint density at radius 1 is 1.14 bits per heavy atom. The normalized spacial score (nSPS) is 11.0. The summed E-state index contributed by atoms with van der Waals surface area (Å²) in [5, 5.41) is 3.10. The van der Waals surface area contributed by atoms with E-state index >= 15 is 0 Å². The van der Waals surface area contributed by atoms with E-state index in [0.717, 1.165) is 6.26 Å². The zero-order valence-electron chi connectivity index (χ0n) is 11.7. The van der Waals surface area contributed by atoms with Gasteiger partial charge in [0.15, 0.2) is 16.4 Å². The number of benzene rings is 2. The Morgan fingerprint density at radius 2 is 1.77 bits per heavy atom. The SMILES string of the molecule is CS(=O)(=O)c1ccccc1NC(=O)COc1ccc(Cl)cc1. The third kappa shape index (κ3) is 4.47. The number of para-hydroxylation sites is 1. The monoisotopic (exact) mass is 339 g/mol. The summed E-state index contributed by atoms with van der Waals surface area (Å²) in [5.41, 5.74) is 0.231. The van der Waals surface area contributed by atoms with Crippen LogP contribution in [0.15, 0.2) is 53.4 Å². The van der Waals surface area contributed by atoms with E-state index < -0.39 is 15.7 Å². The van der Waals surface area contributed by atoms with E-state index in [1.54, 1.807) is 36.4 Å². The largest absolute Gasteiger partial charge is 0.484 e. The van der Waals surface area contributed by atoms with Crippen molar-refractivity contribution in [3.63, 3.8) is 0 Å². The number of carbonyl (C=O) groups is 1. The standard InChI is InChI=1S/C15H14ClNO4S/c1-22(19,20)14-5-3-2-4-13(14)17-15(18)10-21-12-8-6-11(16)7-9-12/h2-9H,10H2,1H3,(H,17,18). The number of halogens is 1. The molecule has 2 rings (SSSR count). The molecule has 0 saturated heterocycles. The number of sulfone groups is 1. The average Bonchev–Trinajstić information content (AvgIpc) is 2.46. The van der Waals surface area contributed by atoms with E-state index in [1.165, 1.54) is 12.1 Å². The van der Waals surface area contributed by atoms with Crippen LogP contribution in [0.5, 0.6) is 5.75 Å². The van der Waals surface area contributed by atoms with Crippen molar-refractivity contribution < 1.29 is 17.9 Å². The molecular formula is C15H14ClNO4S. The fourth-order valence-electron chi connectivity index (χ4n) is 1.76. The predicted octanol–water partition coefficient (Wildman–Crippen LogP) is 2.76. The summed E-state index contributed by atoms with van der Waals surface area (Å²) in [5.74, 6) is 0.0435. The minimum atomic E-state index is -3.42. The van der Waals surface area contributed by atoms with Crippen LogP contribution in [0.4, 0.5) is 5.69 Å². The van der Waals surface area contributed by atoms with Gasteiger partial charge in [-0.05, 0) is 36.4 Å². The molecule has 1 amide bonds. The number of carbonyl (C=O) groups excluding carboxylic acids is 1. The summed E-state index contributed by atoms with van der Waals surface area (Å²) < 4.78 is 28.6. The fourth-order valence-corrected chi connectivity index (χ4v) is 2.73. The average molecular weight is 340 g/mol. The molecule has 7 heteroatoms. The molecule has 0 aromatic heterocycles. The van der Waals surface area contributed by atoms with E-state index in [0.29, 0.717) is 10.8 Å². The van der Waals surface area contributed by atoms with Gasteiger partial charge in [0.1, 0.15) is 5.75 Å². The van der Waals surface area contributed by atoms with Crippen LogP contribution in [0.1, 0.15) is 0 Å². The molecular weight excluding hydrogens is 326 g/mol. The highest BCUT2D eigenvalue weighted by Crippen LogP contribution is 2.20. The lowest BCUT2D eigenvalue weighted by molar-refractivity contribution is -0.118. The number of hydrogen-bond acceptors (Lipinski definition) is 4. The first kappa shape index (κ1) is 16.3. The fraction of sp³-hybridized carbons (Fsp3) is 0.133. The van der Waals surface area contributed by atoms with Gasteiger partial charge >= 0.3 is 0 Å². The molecule has 0 fully saturated rings. The van der Waals surface area contributed by atoms with E-state index in [-0.39, 0.29) is 17.2 Å². The Kier molecular flexibility index (Phi) is 5.05. The summed E-state index contributed by atoms with van der Waals surface area (Å²) >= 11 is 5.75. The number of hydrogen-bond donors (Lipinski definition) is 1. The second kappa shape index (κ2) is 6.81. The lowest BCUT2D eigenvalue weighted by atomic mass is 10.3. The van der Waals surface area contributed by atoms with E-state index in [9.17, 15) is 13.2 Å². The van der Waals surface area contributed by atoms with Crippen molar-refractivity contribution in [2.45, 2.75) is 4.90 Å². The van der Waals surface area contributed by atoms with Crippen molar-refractivity contribution in [1.82, 2.24) is 0 Å². The summed E-state index contributed by atoms with van der Waals surface area (Å²) in [6, 6.07) is 12.8. The van der Waals surface area contributed by atoms with Gasteiger partial charge in [0.05, 0.1) is 10.6 Å². The molecule has 5 nitrogen and oxygen atoms in total. The van der Waals surface area contributed by atoms with E-state index in [1.807, 2.05) is 0 Å². The van der Waals surface area contributed by atoms with Crippen LogP contribution in [0.3, 0.4) is 0 Å². The molecule has 0 aliphatic heterocycles. The molecule has 2 aromatic rings. The van der Waals surface area contributed by atoms with Crippen molar-refractivity contribution in [1.29, 1.82) is 0 Å². The quantitative estimate of drug-likeness (QED) is 0.909. The second-order valence-corrected chi connectivity index (χ2v) is 6.98. The first-order chi connectivity index (χ1) is 10.4. The van der Waals surface area contributed by atoms with Crippen LogP contribution in [0, 0.1) is 0 Å². The molecule has 0 spiro atoms. The number of amides is 1. The molecule has 0 radical (unpaired) electrons. The predicted molar refractivity (Wildman–Crippen MR) is 85.1 cm³/mol. The summed E-state index contributed by atoms with van der Waals surface area (Å²) in [7, 11) is -3.42. The maximum Gasteiger partial charge on any atom is 0.262 e. The molecule has 0 heterocycles. The highest BCUT2D eigenvalue weighted by molar-refractivity contribution is 7.90. The second-order valence-electron chi connectivity index (χ2n) is 4.56. The Bertz CT molecular complexity index is 772. The molecule has 0 saturated carbocycles. The summed E-state index contributed by atoms with van der Waals surface area (Å²) in [4.78, 5) is 11.9. The highest BCUT2D eigenvalue weighted by Gasteiger charge is 2.14. The Hall–Kier alpha value is -2.05. The zero-order valence-corrected chi connectivity index (χ0v) is 13.3. The molecule has 0 bridgehead atoms. The van der Waals surface area contributed by atoms with Gasteiger partial charge in [0, 0.05) is 11.3 Å². The Balaban J connectivity index is 2.02. The number of rotatable bonds is 5. The molecule has 2 aromatic carbocycles. The van der Waals surface area contributed by atoms with Crippen LogP contribution in [-0.4, -0.2) is 27.2 Å². The zero-order chi connectivity index (χ0) is 16.2. The number of ether oxygens (including phenoxy) is 1. The maximum absolute atomic E-state index is 11.9. The highest BCUT2D eigenvalue weighted by atomic mass is 35.5. The van der Waals surface area contributed by atoms with Crippen molar-refractivity contribution in [2.24, 2.45) is 0 Å². The lowest BCUT2D eigenvalue weighted by Crippen LogP contribution is -2.21. The third-order valence-electron chi connectivity index (χ3n) is 2.74. The Labute approximate surface area is 133 Å². The van der Waals surface area contributed by atoms with Crippen LogP contribution in [-0.2, 0) is 14.6 Å².